The molecule has 14 nitrogen and oxygen atoms in total. The molecule has 0 radical (unpaired) electrons. The first-order valence-corrected chi connectivity index (χ1v) is 44.8. The number of rotatable bonds is 43. The van der Waals surface area contributed by atoms with Gasteiger partial charge in [0, 0.05) is 34.8 Å². The summed E-state index contributed by atoms with van der Waals surface area (Å²) in [5, 5.41) is 6.56. The summed E-state index contributed by atoms with van der Waals surface area (Å²) in [4.78, 5) is 27.2. The van der Waals surface area contributed by atoms with Crippen molar-refractivity contribution in [3.8, 4) is 34.5 Å². The summed E-state index contributed by atoms with van der Waals surface area (Å²) in [5.74, 6) is 5.17. The van der Waals surface area contributed by atoms with Crippen LogP contribution in [-0.2, 0) is 65.4 Å². The lowest BCUT2D eigenvalue weighted by Crippen LogP contribution is -2.46. The Kier molecular flexibility index (Phi) is 33.7. The van der Waals surface area contributed by atoms with Crippen LogP contribution in [0.1, 0.15) is 284 Å². The molecule has 0 aliphatic carbocycles. The van der Waals surface area contributed by atoms with E-state index in [0.717, 1.165) is 67.6 Å². The van der Waals surface area contributed by atoms with Crippen molar-refractivity contribution in [3.05, 3.63) is 356 Å². The molecule has 0 saturated heterocycles. The maximum absolute atomic E-state index is 6.95. The summed E-state index contributed by atoms with van der Waals surface area (Å²) in [7, 11) is 0. The average Bonchev–Trinajstić information content (AvgIpc) is 0.808. The molecule has 0 heterocycles. The minimum Gasteiger partial charge on any atom is -0.489 e. The number of hydrogen-bond donors (Lipinski definition) is 1. The molecule has 11 aromatic rings. The van der Waals surface area contributed by atoms with Gasteiger partial charge in [0.25, 0.3) is 0 Å². The average molecular weight is 1680 g/mol. The van der Waals surface area contributed by atoms with E-state index in [0.29, 0.717) is 84.6 Å². The molecule has 0 aromatic heterocycles. The van der Waals surface area contributed by atoms with E-state index < -0.39 is 0 Å². The quantitative estimate of drug-likeness (QED) is 0.0366. The van der Waals surface area contributed by atoms with Gasteiger partial charge < -0.3 is 28.4 Å². The summed E-state index contributed by atoms with van der Waals surface area (Å²) in [6, 6.07) is 94.8. The summed E-state index contributed by atoms with van der Waals surface area (Å²) in [6.45, 7) is 50.2. The molecule has 658 valence electrons. The smallest absolute Gasteiger partial charge is 0.123 e. The number of ether oxygens (including phenoxy) is 6. The Labute approximate surface area is 742 Å². The lowest BCUT2D eigenvalue weighted by atomic mass is 9.92. The Balaban J connectivity index is 0.807. The molecule has 0 bridgehead atoms. The topological polar surface area (TPSA) is 114 Å². The number of nitrogens with one attached hydrogen (secondary N) is 1. The molecule has 0 fully saturated rings. The van der Waals surface area contributed by atoms with Crippen LogP contribution in [0.25, 0.3) is 0 Å². The molecule has 124 heavy (non-hydrogen) atoms. The van der Waals surface area contributed by atoms with Crippen molar-refractivity contribution < 1.29 is 47.8 Å². The van der Waals surface area contributed by atoms with E-state index in [1.165, 1.54) is 22.3 Å². The zero-order valence-electron chi connectivity index (χ0n) is 77.8. The highest BCUT2D eigenvalue weighted by Gasteiger charge is 2.38. The number of benzene rings is 11. The van der Waals surface area contributed by atoms with Crippen LogP contribution in [0.15, 0.2) is 273 Å². The van der Waals surface area contributed by atoms with Crippen molar-refractivity contribution in [2.75, 3.05) is 0 Å². The fourth-order valence-corrected chi connectivity index (χ4v) is 15.7. The van der Waals surface area contributed by atoms with Gasteiger partial charge in [-0.1, -0.05) is 281 Å². The fraction of sp³-hybridized carbons (Fsp3) is 0.400. The first-order chi connectivity index (χ1) is 59.2. The number of aryl methyl sites for hydroxylation is 1. The van der Waals surface area contributed by atoms with Crippen LogP contribution in [0.2, 0.25) is 0 Å². The van der Waals surface area contributed by atoms with Gasteiger partial charge in [-0.3, -0.25) is 19.4 Å². The minimum atomic E-state index is -0.271. The van der Waals surface area contributed by atoms with Gasteiger partial charge in [0.15, 0.2) is 0 Å². The van der Waals surface area contributed by atoms with Gasteiger partial charge in [-0.15, -0.1) is 0 Å². The normalized spacial score (nSPS) is 14.2. The van der Waals surface area contributed by atoms with E-state index in [1.54, 1.807) is 0 Å². The summed E-state index contributed by atoms with van der Waals surface area (Å²) >= 11 is 0. The molecule has 14 heteroatoms. The molecular weight excluding hydrogens is 1540 g/mol. The molecule has 0 amide bonds. The van der Waals surface area contributed by atoms with Crippen molar-refractivity contribution >= 4 is 0 Å². The van der Waals surface area contributed by atoms with Crippen molar-refractivity contribution in [3.63, 3.8) is 0 Å². The van der Waals surface area contributed by atoms with E-state index in [4.69, 9.17) is 47.8 Å². The third-order valence-corrected chi connectivity index (χ3v) is 22.5. The van der Waals surface area contributed by atoms with E-state index in [9.17, 15) is 0 Å². The standard InChI is InChI=1S/C110H138N4O10/c1-23-83-60-98(119-73-88-62-100(115-69-84-44-52-90(53-45-84)79(10)121-111-104(75(2)3)94-36-28-24-29-37-94)67-101(63-88)116-70-85-46-54-91(55-47-85)80(11)122-112(108(14,15)16)105(76(4)5)95-38-30-25-31-39-95)66-99(61-83)120-74-89-64-102(117-71-86-48-56-92(57-49-86)81(12)123-113(109(17,18)19)106(77(6)7)96-40-32-26-33-41-96)68-103(65-89)118-72-87-50-58-93(59-51-87)82(13)124-114(110(20,21)22)107(78(8)9)97-42-34-27-35-43-97/h24-68,75-82,104-107,111H,23,69-74H2,1-22H3. The fourth-order valence-electron chi connectivity index (χ4n) is 15.7. The zero-order valence-corrected chi connectivity index (χ0v) is 77.8. The summed E-state index contributed by atoms with van der Waals surface area (Å²) in [6.07, 6.45) is -0.0760. The molecule has 1 N–H and O–H groups in total. The minimum absolute atomic E-state index is 0.0470. The van der Waals surface area contributed by atoms with Crippen molar-refractivity contribution in [1.29, 1.82) is 0 Å². The van der Waals surface area contributed by atoms with Crippen LogP contribution in [0.3, 0.4) is 0 Å². The van der Waals surface area contributed by atoms with E-state index in [-0.39, 0.29) is 78.4 Å². The third kappa shape index (κ3) is 27.2. The lowest BCUT2D eigenvalue weighted by molar-refractivity contribution is -0.272. The second-order valence-electron chi connectivity index (χ2n) is 37.5. The van der Waals surface area contributed by atoms with Crippen molar-refractivity contribution in [1.82, 2.24) is 20.7 Å². The molecule has 8 atom stereocenters. The maximum atomic E-state index is 6.95. The van der Waals surface area contributed by atoms with Crippen LogP contribution in [0.4, 0.5) is 0 Å². The van der Waals surface area contributed by atoms with Crippen LogP contribution < -0.4 is 33.9 Å². The van der Waals surface area contributed by atoms with Gasteiger partial charge >= 0.3 is 0 Å². The van der Waals surface area contributed by atoms with E-state index in [1.807, 2.05) is 48.5 Å². The Morgan fingerprint density at radius 2 is 0.468 bits per heavy atom. The Bertz CT molecular complexity index is 4870. The predicted molar refractivity (Wildman–Crippen MR) is 502 cm³/mol. The van der Waals surface area contributed by atoms with Crippen LogP contribution in [0, 0.1) is 23.7 Å². The first kappa shape index (κ1) is 94.6. The second-order valence-corrected chi connectivity index (χ2v) is 37.5. The van der Waals surface area contributed by atoms with Crippen LogP contribution >= 0.6 is 0 Å². The lowest BCUT2D eigenvalue weighted by Gasteiger charge is -2.44. The molecular formula is C110H138N4O10. The molecule has 0 aliphatic heterocycles. The van der Waals surface area contributed by atoms with Gasteiger partial charge in [-0.05, 0) is 240 Å². The number of nitrogens with zero attached hydrogens (tertiary/aromatic N) is 3. The molecule has 8 unspecified atom stereocenters. The predicted octanol–water partition coefficient (Wildman–Crippen LogP) is 28.2. The maximum Gasteiger partial charge on any atom is 0.123 e. The van der Waals surface area contributed by atoms with Crippen LogP contribution in [0.5, 0.6) is 34.5 Å². The SMILES string of the molecule is CCc1cc(OCc2cc(OCc3ccc(C(C)ONC(c4ccccc4)C(C)C)cc3)cc(OCc3ccc(C(C)ON(C(c4ccccc4)C(C)C)C(C)(C)C)cc3)c2)cc(OCc2cc(OCc3ccc(C(C)ON(C(c4ccccc4)C(C)C)C(C)(C)C)cc3)cc(OCc3ccc(C(C)ON(C(c4ccccc4)C(C)C)C(C)(C)C)cc3)c2)c1. The highest BCUT2D eigenvalue weighted by molar-refractivity contribution is 5.44. The number of hydroxylamine groups is 7. The molecule has 0 saturated carbocycles. The van der Waals surface area contributed by atoms with E-state index >= 15 is 0 Å². The summed E-state index contributed by atoms with van der Waals surface area (Å²) < 4.78 is 40.4. The third-order valence-electron chi connectivity index (χ3n) is 22.5. The van der Waals surface area contributed by atoms with Gasteiger partial charge in [0.05, 0.1) is 24.2 Å². The van der Waals surface area contributed by atoms with E-state index in [2.05, 4.69) is 397 Å². The number of hydrogen-bond acceptors (Lipinski definition) is 14. The molecule has 0 aliphatic rings. The summed E-state index contributed by atoms with van der Waals surface area (Å²) in [5.41, 5.74) is 18.5. The molecule has 11 aromatic carbocycles. The van der Waals surface area contributed by atoms with Crippen molar-refractivity contribution in [2.45, 2.75) is 264 Å². The van der Waals surface area contributed by atoms with Crippen LogP contribution in [-0.4, -0.2) is 31.8 Å². The van der Waals surface area contributed by atoms with Gasteiger partial charge in [-0.2, -0.15) is 20.7 Å². The van der Waals surface area contributed by atoms with Gasteiger partial charge in [-0.25, -0.2) is 0 Å². The highest BCUT2D eigenvalue weighted by Crippen LogP contribution is 2.42. The van der Waals surface area contributed by atoms with Crippen molar-refractivity contribution in [2.24, 2.45) is 23.7 Å². The zero-order chi connectivity index (χ0) is 88.8. The Morgan fingerprint density at radius 3 is 0.694 bits per heavy atom. The Morgan fingerprint density at radius 1 is 0.242 bits per heavy atom. The monoisotopic (exact) mass is 1680 g/mol. The molecule has 11 rings (SSSR count). The highest BCUT2D eigenvalue weighted by atomic mass is 16.7. The second kappa shape index (κ2) is 44.2. The first-order valence-electron chi connectivity index (χ1n) is 44.8. The Hall–Kier alpha value is -10.1. The molecule has 0 spiro atoms. The van der Waals surface area contributed by atoms with Gasteiger partial charge in [0.1, 0.15) is 98.6 Å². The largest absolute Gasteiger partial charge is 0.489 e. The van der Waals surface area contributed by atoms with Gasteiger partial charge in [0.2, 0.25) is 0 Å².